The molecule has 2 heterocycles. The molecule has 0 aliphatic carbocycles. The van der Waals surface area contributed by atoms with Crippen molar-refractivity contribution in [2.75, 3.05) is 5.73 Å². The number of nitrogen functional groups attached to an aromatic ring is 1. The Balaban J connectivity index is 1.83. The van der Waals surface area contributed by atoms with E-state index < -0.39 is 5.41 Å². The number of H-pyrrole nitrogens is 1. The van der Waals surface area contributed by atoms with Gasteiger partial charge in [0.25, 0.3) is 5.56 Å². The summed E-state index contributed by atoms with van der Waals surface area (Å²) >= 11 is 12.5. The largest absolute Gasteiger partial charge is 0.369 e. The summed E-state index contributed by atoms with van der Waals surface area (Å²) in [4.78, 5) is 20.2. The van der Waals surface area contributed by atoms with Crippen LogP contribution < -0.4 is 11.3 Å². The number of aromatic nitrogens is 3. The highest BCUT2D eigenvalue weighted by atomic mass is 35.5. The van der Waals surface area contributed by atoms with Gasteiger partial charge in [0.05, 0.1) is 22.8 Å². The van der Waals surface area contributed by atoms with Crippen molar-refractivity contribution in [3.63, 3.8) is 0 Å². The number of nitrogens with one attached hydrogen (secondary N) is 1. The first-order chi connectivity index (χ1) is 16.3. The molecule has 3 N–H and O–H groups in total. The van der Waals surface area contributed by atoms with Gasteiger partial charge in [-0.05, 0) is 65.6 Å². The van der Waals surface area contributed by atoms with Crippen LogP contribution in [-0.4, -0.2) is 14.5 Å². The van der Waals surface area contributed by atoms with Gasteiger partial charge in [-0.1, -0.05) is 53.5 Å². The molecule has 0 saturated heterocycles. The number of halogens is 2. The van der Waals surface area contributed by atoms with E-state index >= 15 is 0 Å². The maximum absolute atomic E-state index is 12.8. The van der Waals surface area contributed by atoms with E-state index in [1.165, 1.54) is 0 Å². The van der Waals surface area contributed by atoms with Gasteiger partial charge in [0.15, 0.2) is 5.95 Å². The second kappa shape index (κ2) is 8.35. The van der Waals surface area contributed by atoms with Crippen molar-refractivity contribution in [2.24, 2.45) is 7.05 Å². The van der Waals surface area contributed by atoms with E-state index in [1.54, 1.807) is 23.9 Å². The van der Waals surface area contributed by atoms with E-state index in [4.69, 9.17) is 28.9 Å². The highest BCUT2D eigenvalue weighted by molar-refractivity contribution is 6.31. The summed E-state index contributed by atoms with van der Waals surface area (Å²) in [6, 6.07) is 23.1. The van der Waals surface area contributed by atoms with E-state index in [2.05, 4.69) is 23.0 Å². The molecule has 5 nitrogen and oxygen atoms in total. The van der Waals surface area contributed by atoms with Crippen molar-refractivity contribution >= 4 is 40.1 Å². The summed E-state index contributed by atoms with van der Waals surface area (Å²) in [7, 11) is 1.78. The first kappa shape index (κ1) is 22.3. The Bertz CT molecular complexity index is 1590. The van der Waals surface area contributed by atoms with Crippen LogP contribution in [0.4, 0.5) is 5.95 Å². The van der Waals surface area contributed by atoms with Crippen molar-refractivity contribution in [3.05, 3.63) is 116 Å². The van der Waals surface area contributed by atoms with Crippen molar-refractivity contribution in [3.8, 4) is 11.1 Å². The van der Waals surface area contributed by atoms with Gasteiger partial charge >= 0.3 is 0 Å². The molecular formula is C27H22Cl2N4O. The molecule has 0 aliphatic heterocycles. The molecule has 0 radical (unpaired) electrons. The Labute approximate surface area is 206 Å². The monoisotopic (exact) mass is 488 g/mol. The van der Waals surface area contributed by atoms with Crippen LogP contribution in [0.15, 0.2) is 83.8 Å². The number of hydrogen-bond donors (Lipinski definition) is 2. The topological polar surface area (TPSA) is 76.7 Å². The smallest absolute Gasteiger partial charge is 0.251 e. The van der Waals surface area contributed by atoms with Crippen molar-refractivity contribution in [2.45, 2.75) is 12.3 Å². The molecule has 2 aromatic heterocycles. The van der Waals surface area contributed by atoms with Crippen LogP contribution in [-0.2, 0) is 12.5 Å². The van der Waals surface area contributed by atoms with Gasteiger partial charge in [-0.15, -0.1) is 0 Å². The lowest BCUT2D eigenvalue weighted by atomic mass is 9.73. The fraction of sp³-hybridized carbons (Fsp3) is 0.111. The average molecular weight is 489 g/mol. The maximum atomic E-state index is 12.8. The van der Waals surface area contributed by atoms with Crippen LogP contribution in [0.3, 0.4) is 0 Å². The summed E-state index contributed by atoms with van der Waals surface area (Å²) in [5.74, 6) is 0.345. The van der Waals surface area contributed by atoms with E-state index in [9.17, 15) is 4.79 Å². The van der Waals surface area contributed by atoms with E-state index in [0.717, 1.165) is 38.9 Å². The second-order valence-electron chi connectivity index (χ2n) is 8.51. The molecule has 1 atom stereocenters. The lowest BCUT2D eigenvalue weighted by molar-refractivity contribution is 0.671. The Morgan fingerprint density at radius 3 is 2.35 bits per heavy atom. The SMILES string of the molecule is Cn1c(=O)cc(-c2cccc(Cl)c2)c2cc(C(C)(c3ccc(Cl)cc3)c3cnc(N)[nH]3)ccc21. The lowest BCUT2D eigenvalue weighted by Gasteiger charge is -2.30. The minimum atomic E-state index is -0.607. The summed E-state index contributed by atoms with van der Waals surface area (Å²) in [6.45, 7) is 2.12. The van der Waals surface area contributed by atoms with Gasteiger partial charge < -0.3 is 15.3 Å². The van der Waals surface area contributed by atoms with Gasteiger partial charge in [0, 0.05) is 28.5 Å². The third-order valence-corrected chi connectivity index (χ3v) is 7.00. The van der Waals surface area contributed by atoms with Gasteiger partial charge in [0.1, 0.15) is 0 Å². The number of nitrogens with two attached hydrogens (primary N) is 1. The Kier molecular flexibility index (Phi) is 5.47. The van der Waals surface area contributed by atoms with Crippen molar-refractivity contribution in [1.29, 1.82) is 0 Å². The number of fused-ring (bicyclic) bond motifs is 1. The predicted molar refractivity (Wildman–Crippen MR) is 140 cm³/mol. The number of benzene rings is 3. The van der Waals surface area contributed by atoms with Gasteiger partial charge in [-0.25, -0.2) is 4.98 Å². The summed E-state index contributed by atoms with van der Waals surface area (Å²) < 4.78 is 1.65. The van der Waals surface area contributed by atoms with Crippen molar-refractivity contribution in [1.82, 2.24) is 14.5 Å². The Hall–Kier alpha value is -3.54. The number of hydrogen-bond acceptors (Lipinski definition) is 3. The zero-order valence-electron chi connectivity index (χ0n) is 18.6. The van der Waals surface area contributed by atoms with Crippen molar-refractivity contribution < 1.29 is 0 Å². The van der Waals surface area contributed by atoms with Crippen LogP contribution in [0.2, 0.25) is 10.0 Å². The molecule has 5 rings (SSSR count). The number of imidazole rings is 1. The summed E-state index contributed by atoms with van der Waals surface area (Å²) in [5, 5.41) is 2.21. The summed E-state index contributed by atoms with van der Waals surface area (Å²) in [5.41, 5.74) is 10.7. The quantitative estimate of drug-likeness (QED) is 0.317. The molecule has 0 saturated carbocycles. The molecule has 170 valence electrons. The van der Waals surface area contributed by atoms with E-state index in [1.807, 2.05) is 60.7 Å². The number of pyridine rings is 1. The van der Waals surface area contributed by atoms with Gasteiger partial charge in [-0.2, -0.15) is 0 Å². The van der Waals surface area contributed by atoms with Crippen LogP contribution in [0.1, 0.15) is 23.7 Å². The molecule has 0 fully saturated rings. The minimum Gasteiger partial charge on any atom is -0.369 e. The molecule has 7 heteroatoms. The highest BCUT2D eigenvalue weighted by Gasteiger charge is 2.33. The Morgan fingerprint density at radius 2 is 1.68 bits per heavy atom. The first-order valence-electron chi connectivity index (χ1n) is 10.7. The molecule has 34 heavy (non-hydrogen) atoms. The molecule has 5 aromatic rings. The average Bonchev–Trinajstić information content (AvgIpc) is 3.28. The first-order valence-corrected chi connectivity index (χ1v) is 11.5. The van der Waals surface area contributed by atoms with Gasteiger partial charge in [-0.3, -0.25) is 4.79 Å². The minimum absolute atomic E-state index is 0.0861. The summed E-state index contributed by atoms with van der Waals surface area (Å²) in [6.07, 6.45) is 1.76. The molecule has 3 aromatic carbocycles. The third-order valence-electron chi connectivity index (χ3n) is 6.52. The number of nitrogens with zero attached hydrogens (tertiary/aromatic N) is 2. The number of anilines is 1. The lowest BCUT2D eigenvalue weighted by Crippen LogP contribution is -2.26. The Morgan fingerprint density at radius 1 is 0.941 bits per heavy atom. The van der Waals surface area contributed by atoms with Crippen LogP contribution in [0.25, 0.3) is 22.0 Å². The number of aromatic amines is 1. The van der Waals surface area contributed by atoms with Crippen LogP contribution >= 0.6 is 23.2 Å². The fourth-order valence-corrected chi connectivity index (χ4v) is 4.83. The molecule has 0 amide bonds. The third kappa shape index (κ3) is 3.67. The molecule has 1 unspecified atom stereocenters. The standard InChI is InChI=1S/C27H22Cl2N4O/c1-27(24-15-31-26(30)32-24,17-6-9-19(28)10-7-17)18-8-11-23-22(13-18)21(14-25(34)33(23)2)16-4-3-5-20(29)12-16/h3-15H,1-2H3,(H3,30,31,32). The number of aryl methyl sites for hydroxylation is 1. The zero-order chi connectivity index (χ0) is 24.0. The van der Waals surface area contributed by atoms with Crippen LogP contribution in [0.5, 0.6) is 0 Å². The van der Waals surface area contributed by atoms with Gasteiger partial charge in [0.2, 0.25) is 0 Å². The molecular weight excluding hydrogens is 467 g/mol. The number of rotatable bonds is 4. The zero-order valence-corrected chi connectivity index (χ0v) is 20.2. The maximum Gasteiger partial charge on any atom is 0.251 e. The normalized spacial score (nSPS) is 13.2. The molecule has 0 bridgehead atoms. The van der Waals surface area contributed by atoms with E-state index in [-0.39, 0.29) is 5.56 Å². The predicted octanol–water partition coefficient (Wildman–Crippen LogP) is 6.17. The second-order valence-corrected chi connectivity index (χ2v) is 9.38. The van der Waals surface area contributed by atoms with Crippen LogP contribution in [0, 0.1) is 0 Å². The highest BCUT2D eigenvalue weighted by Crippen LogP contribution is 2.41. The molecule has 0 aliphatic rings. The molecule has 0 spiro atoms. The fourth-order valence-electron chi connectivity index (χ4n) is 4.52. The van der Waals surface area contributed by atoms with E-state index in [0.29, 0.717) is 16.0 Å².